The molecule has 0 rings (SSSR count). The van der Waals surface area contributed by atoms with E-state index >= 15 is 0 Å². The lowest BCUT2D eigenvalue weighted by molar-refractivity contribution is 0.00508. The number of amides is 2. The van der Waals surface area contributed by atoms with Gasteiger partial charge in [-0.25, -0.2) is 9.59 Å². The Labute approximate surface area is 79.2 Å². The normalized spacial score (nSPS) is 9.86. The highest BCUT2D eigenvalue weighted by molar-refractivity contribution is 5.68. The van der Waals surface area contributed by atoms with Gasteiger partial charge in [0, 0.05) is 6.54 Å². The zero-order valence-corrected chi connectivity index (χ0v) is 7.19. The van der Waals surface area contributed by atoms with E-state index in [1.807, 2.05) is 10.6 Å². The second-order valence-corrected chi connectivity index (χ2v) is 2.09. The van der Waals surface area contributed by atoms with Crippen LogP contribution in [0.15, 0.2) is 0 Å². The van der Waals surface area contributed by atoms with Crippen LogP contribution < -0.4 is 21.8 Å². The molecule has 0 radical (unpaired) electrons. The topological polar surface area (TPSA) is 146 Å². The van der Waals surface area contributed by atoms with Gasteiger partial charge in [0.05, 0.1) is 6.61 Å². The predicted molar refractivity (Wildman–Crippen MR) is 44.3 cm³/mol. The fourth-order valence-corrected chi connectivity index (χ4v) is 0.543. The Balaban J connectivity index is 3.84. The Bertz CT molecular complexity index is 183. The van der Waals surface area contributed by atoms with Gasteiger partial charge in [0.15, 0.2) is 6.29 Å². The van der Waals surface area contributed by atoms with Crippen molar-refractivity contribution in [1.82, 2.24) is 16.1 Å². The third kappa shape index (κ3) is 7.09. The molecule has 0 bridgehead atoms. The van der Waals surface area contributed by atoms with Crippen LogP contribution in [0.4, 0.5) is 9.59 Å². The van der Waals surface area contributed by atoms with E-state index in [1.165, 1.54) is 0 Å². The molecule has 0 aromatic rings. The molecule has 0 saturated heterocycles. The summed E-state index contributed by atoms with van der Waals surface area (Å²) in [7, 11) is 0. The lowest BCUT2D eigenvalue weighted by atomic mass is 10.7. The first-order valence-corrected chi connectivity index (χ1v) is 3.62. The van der Waals surface area contributed by atoms with Gasteiger partial charge in [-0.05, 0) is 0 Å². The average molecular weight is 208 g/mol. The van der Waals surface area contributed by atoms with E-state index in [0.29, 0.717) is 0 Å². The summed E-state index contributed by atoms with van der Waals surface area (Å²) < 4.78 is 0. The first-order chi connectivity index (χ1) is 6.56. The van der Waals surface area contributed by atoms with Gasteiger partial charge in [-0.3, -0.25) is 15.5 Å². The molecule has 0 atom stereocenters. The standard InChI is InChI=1S/C5H12N4O5/c6-1-2-14-9-3(7-4(10)11)8-5(12)13/h3,7-9H,1-2,6H2,(H,10,11)(H,12,13). The van der Waals surface area contributed by atoms with Crippen molar-refractivity contribution in [3.8, 4) is 0 Å². The third-order valence-corrected chi connectivity index (χ3v) is 0.957. The quantitative estimate of drug-likeness (QED) is 0.173. The molecule has 0 saturated carbocycles. The van der Waals surface area contributed by atoms with Gasteiger partial charge in [0.1, 0.15) is 0 Å². The number of carboxylic acid groups (broad SMARTS) is 2. The molecule has 0 fully saturated rings. The Morgan fingerprint density at radius 2 is 1.79 bits per heavy atom. The number of hydrogen-bond donors (Lipinski definition) is 6. The summed E-state index contributed by atoms with van der Waals surface area (Å²) in [5, 5.41) is 20.2. The summed E-state index contributed by atoms with van der Waals surface area (Å²) in [6.45, 7) is 0.346. The molecule has 0 unspecified atom stereocenters. The monoisotopic (exact) mass is 208 g/mol. The number of nitrogens with one attached hydrogen (secondary N) is 3. The fraction of sp³-hybridized carbons (Fsp3) is 0.600. The van der Waals surface area contributed by atoms with Gasteiger partial charge in [-0.15, -0.1) is 0 Å². The van der Waals surface area contributed by atoms with Crippen molar-refractivity contribution >= 4 is 12.2 Å². The molecule has 0 heterocycles. The van der Waals surface area contributed by atoms with E-state index in [9.17, 15) is 9.59 Å². The summed E-state index contributed by atoms with van der Waals surface area (Å²) in [6.07, 6.45) is -4.03. The van der Waals surface area contributed by atoms with Crippen molar-refractivity contribution in [3.05, 3.63) is 0 Å². The summed E-state index contributed by atoms with van der Waals surface area (Å²) >= 11 is 0. The number of carbonyl (C=O) groups is 2. The van der Waals surface area contributed by atoms with E-state index in [1.54, 1.807) is 0 Å². The zero-order chi connectivity index (χ0) is 11.0. The van der Waals surface area contributed by atoms with Gasteiger partial charge in [-0.1, -0.05) is 0 Å². The van der Waals surface area contributed by atoms with Crippen LogP contribution in [0.1, 0.15) is 0 Å². The van der Waals surface area contributed by atoms with Crippen LogP contribution >= 0.6 is 0 Å². The van der Waals surface area contributed by atoms with Crippen LogP contribution in [0.3, 0.4) is 0 Å². The summed E-state index contributed by atoms with van der Waals surface area (Å²) in [5.41, 5.74) is 7.20. The molecule has 0 aromatic heterocycles. The smallest absolute Gasteiger partial charge is 0.407 e. The highest BCUT2D eigenvalue weighted by Crippen LogP contribution is 1.75. The van der Waals surface area contributed by atoms with E-state index in [4.69, 9.17) is 15.9 Å². The van der Waals surface area contributed by atoms with Gasteiger partial charge >= 0.3 is 12.2 Å². The molecule has 82 valence electrons. The van der Waals surface area contributed by atoms with Crippen LogP contribution in [-0.4, -0.2) is 41.8 Å². The summed E-state index contributed by atoms with van der Waals surface area (Å²) in [5.74, 6) is 0. The number of nitrogens with two attached hydrogens (primary N) is 1. The maximum Gasteiger partial charge on any atom is 0.407 e. The number of hydrogen-bond acceptors (Lipinski definition) is 5. The molecule has 14 heavy (non-hydrogen) atoms. The lowest BCUT2D eigenvalue weighted by Gasteiger charge is -2.17. The first kappa shape index (κ1) is 12.4. The first-order valence-electron chi connectivity index (χ1n) is 3.62. The van der Waals surface area contributed by atoms with Crippen molar-refractivity contribution in [2.45, 2.75) is 6.29 Å². The molecule has 2 amide bonds. The molecule has 0 aliphatic rings. The molecule has 0 spiro atoms. The van der Waals surface area contributed by atoms with Gasteiger partial charge in [0.2, 0.25) is 0 Å². The minimum atomic E-state index is -1.40. The molecule has 0 aromatic carbocycles. The molecule has 9 nitrogen and oxygen atoms in total. The van der Waals surface area contributed by atoms with Crippen LogP contribution in [-0.2, 0) is 4.84 Å². The Morgan fingerprint density at radius 1 is 1.29 bits per heavy atom. The minimum absolute atomic E-state index is 0.124. The van der Waals surface area contributed by atoms with Gasteiger partial charge in [0.25, 0.3) is 0 Å². The second-order valence-electron chi connectivity index (χ2n) is 2.09. The highest BCUT2D eigenvalue weighted by Gasteiger charge is 2.12. The fourth-order valence-electron chi connectivity index (χ4n) is 0.543. The number of hydroxylamine groups is 1. The average Bonchev–Trinajstić information content (AvgIpc) is 2.02. The Kier molecular flexibility index (Phi) is 6.11. The summed E-state index contributed by atoms with van der Waals surface area (Å²) in [4.78, 5) is 24.9. The molecule has 0 aliphatic heterocycles. The second kappa shape index (κ2) is 6.88. The van der Waals surface area contributed by atoms with Crippen LogP contribution in [0, 0.1) is 0 Å². The molecular weight excluding hydrogens is 196 g/mol. The van der Waals surface area contributed by atoms with Gasteiger partial charge in [-0.2, -0.15) is 5.48 Å². The maximum absolute atomic E-state index is 10.2. The molecule has 0 aliphatic carbocycles. The van der Waals surface area contributed by atoms with E-state index in [2.05, 4.69) is 10.3 Å². The third-order valence-electron chi connectivity index (χ3n) is 0.957. The van der Waals surface area contributed by atoms with E-state index < -0.39 is 18.5 Å². The van der Waals surface area contributed by atoms with Crippen LogP contribution in [0.5, 0.6) is 0 Å². The Morgan fingerprint density at radius 3 is 2.14 bits per heavy atom. The molecule has 7 N–H and O–H groups in total. The largest absolute Gasteiger partial charge is 0.465 e. The van der Waals surface area contributed by atoms with Crippen molar-refractivity contribution in [2.24, 2.45) is 5.73 Å². The van der Waals surface area contributed by atoms with Crippen molar-refractivity contribution in [2.75, 3.05) is 13.2 Å². The van der Waals surface area contributed by atoms with Gasteiger partial charge < -0.3 is 15.9 Å². The van der Waals surface area contributed by atoms with Crippen molar-refractivity contribution in [3.63, 3.8) is 0 Å². The maximum atomic E-state index is 10.2. The highest BCUT2D eigenvalue weighted by atomic mass is 16.6. The van der Waals surface area contributed by atoms with E-state index in [0.717, 1.165) is 0 Å². The lowest BCUT2D eigenvalue weighted by Crippen LogP contribution is -2.56. The van der Waals surface area contributed by atoms with Crippen molar-refractivity contribution < 1.29 is 24.6 Å². The van der Waals surface area contributed by atoms with Crippen LogP contribution in [0.2, 0.25) is 0 Å². The zero-order valence-electron chi connectivity index (χ0n) is 7.19. The molecule has 9 heteroatoms. The minimum Gasteiger partial charge on any atom is -0.465 e. The summed E-state index contributed by atoms with van der Waals surface area (Å²) in [6, 6.07) is 0. The van der Waals surface area contributed by atoms with Crippen LogP contribution in [0.25, 0.3) is 0 Å². The predicted octanol–water partition coefficient (Wildman–Crippen LogP) is -1.71. The van der Waals surface area contributed by atoms with E-state index in [-0.39, 0.29) is 13.2 Å². The Hall–Kier alpha value is -1.58. The number of rotatable bonds is 6. The SMILES string of the molecule is NCCONC(NC(=O)O)NC(=O)O. The van der Waals surface area contributed by atoms with Crippen molar-refractivity contribution in [1.29, 1.82) is 0 Å². The molecular formula is C5H12N4O5.